The summed E-state index contributed by atoms with van der Waals surface area (Å²) in [5, 5.41) is 0. The minimum absolute atomic E-state index is 0. The fourth-order valence-electron chi connectivity index (χ4n) is 3.84. The van der Waals surface area contributed by atoms with Crippen molar-refractivity contribution in [2.45, 2.75) is 155 Å². The second kappa shape index (κ2) is 30.2. The average Bonchev–Trinajstić information content (AvgIpc) is 2.68. The Balaban J connectivity index is 0. The summed E-state index contributed by atoms with van der Waals surface area (Å²) in [5.41, 5.74) is 0. The van der Waals surface area contributed by atoms with Gasteiger partial charge in [-0.3, -0.25) is 0 Å². The van der Waals surface area contributed by atoms with Gasteiger partial charge in [0.25, 0.3) is 0 Å². The van der Waals surface area contributed by atoms with E-state index >= 15 is 0 Å². The molecule has 166 valence electrons. The predicted molar refractivity (Wildman–Crippen MR) is 131 cm³/mol. The first-order valence-electron chi connectivity index (χ1n) is 13.0. The van der Waals surface area contributed by atoms with Crippen LogP contribution in [0.2, 0.25) is 0 Å². The van der Waals surface area contributed by atoms with Crippen LogP contribution in [-0.4, -0.2) is 42.8 Å². The Hall–Kier alpha value is 0.960. The summed E-state index contributed by atoms with van der Waals surface area (Å²) in [6.07, 6.45) is 31.1. The first kappa shape index (κ1) is 31.1. The topological polar surface area (TPSA) is 9.23 Å². The third-order valence-electron chi connectivity index (χ3n) is 5.78. The summed E-state index contributed by atoms with van der Waals surface area (Å²) in [7, 11) is 0. The van der Waals surface area contributed by atoms with Crippen LogP contribution in [0.3, 0.4) is 0 Å². The van der Waals surface area contributed by atoms with Crippen molar-refractivity contribution in [3.05, 3.63) is 0 Å². The molecule has 0 saturated carbocycles. The van der Waals surface area contributed by atoms with E-state index in [9.17, 15) is 0 Å². The van der Waals surface area contributed by atoms with E-state index in [4.69, 9.17) is 4.74 Å². The SMILES string of the molecule is CCCCCCCCCCCCCOCCCCCCCCCCCCC.[NaH]. The van der Waals surface area contributed by atoms with Crippen LogP contribution in [0.5, 0.6) is 0 Å². The van der Waals surface area contributed by atoms with Gasteiger partial charge < -0.3 is 4.74 Å². The van der Waals surface area contributed by atoms with Gasteiger partial charge >= 0.3 is 29.6 Å². The number of ether oxygens (including phenoxy) is 1. The van der Waals surface area contributed by atoms with Crippen LogP contribution in [0.25, 0.3) is 0 Å². The molecule has 0 aromatic rings. The molecule has 0 N–H and O–H groups in total. The van der Waals surface area contributed by atoms with Crippen LogP contribution in [0.15, 0.2) is 0 Å². The molecular weight excluding hydrogens is 351 g/mol. The van der Waals surface area contributed by atoms with Crippen molar-refractivity contribution < 1.29 is 4.74 Å². The Morgan fingerprint density at radius 3 is 0.786 bits per heavy atom. The minimum atomic E-state index is 0. The summed E-state index contributed by atoms with van der Waals surface area (Å²) in [4.78, 5) is 0. The molecule has 0 spiro atoms. The number of unbranched alkanes of at least 4 members (excludes halogenated alkanes) is 20. The van der Waals surface area contributed by atoms with Crippen molar-refractivity contribution in [2.24, 2.45) is 0 Å². The van der Waals surface area contributed by atoms with Gasteiger partial charge in [-0.15, -0.1) is 0 Å². The van der Waals surface area contributed by atoms with E-state index in [2.05, 4.69) is 13.8 Å². The van der Waals surface area contributed by atoms with Gasteiger partial charge in [0.2, 0.25) is 0 Å². The normalized spacial score (nSPS) is 10.9. The van der Waals surface area contributed by atoms with Crippen LogP contribution >= 0.6 is 0 Å². The molecule has 0 rings (SSSR count). The second-order valence-electron chi connectivity index (χ2n) is 8.68. The maximum atomic E-state index is 5.80. The molecule has 0 aliphatic carbocycles. The molecule has 0 amide bonds. The van der Waals surface area contributed by atoms with E-state index < -0.39 is 0 Å². The fourth-order valence-corrected chi connectivity index (χ4v) is 3.84. The van der Waals surface area contributed by atoms with Gasteiger partial charge in [0.1, 0.15) is 0 Å². The monoisotopic (exact) mass is 406 g/mol. The van der Waals surface area contributed by atoms with Crippen molar-refractivity contribution in [2.75, 3.05) is 13.2 Å². The van der Waals surface area contributed by atoms with Crippen LogP contribution in [0, 0.1) is 0 Å². The van der Waals surface area contributed by atoms with Gasteiger partial charge in [0, 0.05) is 13.2 Å². The summed E-state index contributed by atoms with van der Waals surface area (Å²) >= 11 is 0. The molecule has 0 aromatic heterocycles. The van der Waals surface area contributed by atoms with Gasteiger partial charge in [0.05, 0.1) is 0 Å². The van der Waals surface area contributed by atoms with Gasteiger partial charge in [-0.2, -0.15) is 0 Å². The molecule has 2 heteroatoms. The Morgan fingerprint density at radius 2 is 0.536 bits per heavy atom. The van der Waals surface area contributed by atoms with Crippen molar-refractivity contribution >= 4 is 29.6 Å². The summed E-state index contributed by atoms with van der Waals surface area (Å²) in [6.45, 7) is 6.58. The zero-order chi connectivity index (χ0) is 19.7. The molecule has 1 nitrogen and oxygen atoms in total. The molecule has 0 saturated heterocycles. The molecule has 0 unspecified atom stereocenters. The van der Waals surface area contributed by atoms with Crippen LogP contribution in [0.1, 0.15) is 155 Å². The van der Waals surface area contributed by atoms with E-state index in [1.165, 1.54) is 141 Å². The summed E-state index contributed by atoms with van der Waals surface area (Å²) < 4.78 is 5.80. The molecule has 0 aromatic carbocycles. The van der Waals surface area contributed by atoms with E-state index in [1.807, 2.05) is 0 Å². The number of hydrogen-bond acceptors (Lipinski definition) is 1. The molecule has 0 atom stereocenters. The van der Waals surface area contributed by atoms with Gasteiger partial charge in [-0.05, 0) is 12.8 Å². The van der Waals surface area contributed by atoms with Crippen molar-refractivity contribution in [3.63, 3.8) is 0 Å². The molecule has 0 aliphatic heterocycles. The van der Waals surface area contributed by atoms with Crippen LogP contribution in [0.4, 0.5) is 0 Å². The Bertz CT molecular complexity index is 221. The average molecular weight is 407 g/mol. The maximum absolute atomic E-state index is 5.80. The molecule has 0 radical (unpaired) electrons. The van der Waals surface area contributed by atoms with Crippen molar-refractivity contribution in [1.82, 2.24) is 0 Å². The molecular formula is C26H55NaO. The Morgan fingerprint density at radius 1 is 0.321 bits per heavy atom. The van der Waals surface area contributed by atoms with Gasteiger partial charge in [0.15, 0.2) is 0 Å². The van der Waals surface area contributed by atoms with Crippen molar-refractivity contribution in [3.8, 4) is 0 Å². The zero-order valence-electron chi connectivity index (χ0n) is 19.4. The molecule has 0 aliphatic rings. The Labute approximate surface area is 201 Å². The van der Waals surface area contributed by atoms with Gasteiger partial charge in [-0.1, -0.05) is 142 Å². The number of hydrogen-bond donors (Lipinski definition) is 0. The van der Waals surface area contributed by atoms with E-state index in [1.54, 1.807) is 0 Å². The molecule has 0 bridgehead atoms. The molecule has 0 heterocycles. The predicted octanol–water partition coefficient (Wildman–Crippen LogP) is 8.98. The van der Waals surface area contributed by atoms with Crippen LogP contribution < -0.4 is 0 Å². The van der Waals surface area contributed by atoms with E-state index in [0.29, 0.717) is 0 Å². The first-order chi connectivity index (χ1) is 13.4. The fraction of sp³-hybridized carbons (Fsp3) is 1.00. The second-order valence-corrected chi connectivity index (χ2v) is 8.68. The molecule has 0 fully saturated rings. The standard InChI is InChI=1S/C26H54O.Na.H/c1-3-5-7-9-11-13-15-17-19-21-23-25-27-26-24-22-20-18-16-14-12-10-8-6-4-2;;/h3-26H2,1-2H3;;. The van der Waals surface area contributed by atoms with Crippen LogP contribution in [-0.2, 0) is 4.74 Å². The van der Waals surface area contributed by atoms with E-state index in [-0.39, 0.29) is 29.6 Å². The summed E-state index contributed by atoms with van der Waals surface area (Å²) in [5.74, 6) is 0. The first-order valence-corrected chi connectivity index (χ1v) is 13.0. The number of rotatable bonds is 24. The summed E-state index contributed by atoms with van der Waals surface area (Å²) in [6, 6.07) is 0. The quantitative estimate of drug-likeness (QED) is 0.115. The third-order valence-corrected chi connectivity index (χ3v) is 5.78. The Kier molecular flexibility index (Phi) is 33.5. The van der Waals surface area contributed by atoms with E-state index in [0.717, 1.165) is 13.2 Å². The third kappa shape index (κ3) is 29.2. The van der Waals surface area contributed by atoms with Gasteiger partial charge in [-0.25, -0.2) is 0 Å². The zero-order valence-corrected chi connectivity index (χ0v) is 19.4. The molecule has 28 heavy (non-hydrogen) atoms. The van der Waals surface area contributed by atoms with Crippen molar-refractivity contribution in [1.29, 1.82) is 0 Å².